The summed E-state index contributed by atoms with van der Waals surface area (Å²) in [5.41, 5.74) is 3.56. The van der Waals surface area contributed by atoms with E-state index in [1.807, 2.05) is 52.8 Å². The van der Waals surface area contributed by atoms with Crippen LogP contribution < -0.4 is 5.32 Å². The summed E-state index contributed by atoms with van der Waals surface area (Å²) in [6.45, 7) is 10.3. The summed E-state index contributed by atoms with van der Waals surface area (Å²) in [6.07, 6.45) is 0. The number of amides is 1. The maximum Gasteiger partial charge on any atom is 0.251 e. The summed E-state index contributed by atoms with van der Waals surface area (Å²) in [7, 11) is -3.47. The lowest BCUT2D eigenvalue weighted by molar-refractivity contribution is 0.0939. The van der Waals surface area contributed by atoms with Gasteiger partial charge in [-0.05, 0) is 50.6 Å². The zero-order chi connectivity index (χ0) is 20.2. The Balaban J connectivity index is 2.16. The van der Waals surface area contributed by atoms with Crippen molar-refractivity contribution in [3.8, 4) is 0 Å². The molecular formula is C21H28N2O3S. The van der Waals surface area contributed by atoms with E-state index in [1.54, 1.807) is 24.3 Å². The Labute approximate surface area is 162 Å². The lowest BCUT2D eigenvalue weighted by Crippen LogP contribution is -2.30. The summed E-state index contributed by atoms with van der Waals surface area (Å²) < 4.78 is 26.5. The van der Waals surface area contributed by atoms with Gasteiger partial charge in [0.1, 0.15) is 0 Å². The molecule has 0 fully saturated rings. The van der Waals surface area contributed by atoms with Gasteiger partial charge in [0, 0.05) is 18.7 Å². The molecule has 0 heterocycles. The van der Waals surface area contributed by atoms with Gasteiger partial charge in [0.15, 0.2) is 0 Å². The average Bonchev–Trinajstić information content (AvgIpc) is 2.61. The summed E-state index contributed by atoms with van der Waals surface area (Å²) in [6, 6.07) is 12.2. The molecule has 0 aliphatic heterocycles. The Hall–Kier alpha value is -2.18. The minimum Gasteiger partial charge on any atom is -0.346 e. The van der Waals surface area contributed by atoms with Gasteiger partial charge in [0.25, 0.3) is 5.91 Å². The molecule has 6 heteroatoms. The number of benzene rings is 2. The molecule has 146 valence electrons. The van der Waals surface area contributed by atoms with Crippen molar-refractivity contribution in [1.29, 1.82) is 0 Å². The number of sulfonamides is 1. The molecule has 2 rings (SSSR count). The van der Waals surface area contributed by atoms with Crippen LogP contribution >= 0.6 is 0 Å². The van der Waals surface area contributed by atoms with E-state index in [0.29, 0.717) is 18.7 Å². The molecular weight excluding hydrogens is 360 g/mol. The van der Waals surface area contributed by atoms with Crippen LogP contribution in [0, 0.1) is 13.8 Å². The third kappa shape index (κ3) is 4.96. The fraction of sp³-hybridized carbons (Fsp3) is 0.381. The van der Waals surface area contributed by atoms with Crippen LogP contribution in [0.25, 0.3) is 0 Å². The van der Waals surface area contributed by atoms with Crippen LogP contribution in [0.3, 0.4) is 0 Å². The molecule has 0 aliphatic carbocycles. The van der Waals surface area contributed by atoms with Crippen molar-refractivity contribution in [2.24, 2.45) is 0 Å². The predicted octanol–water partition coefficient (Wildman–Crippen LogP) is 3.82. The molecule has 2 aromatic rings. The van der Waals surface area contributed by atoms with Gasteiger partial charge in [0.05, 0.1) is 10.9 Å². The van der Waals surface area contributed by atoms with Crippen LogP contribution in [0.2, 0.25) is 0 Å². The van der Waals surface area contributed by atoms with Crippen LogP contribution in [-0.2, 0) is 10.0 Å². The van der Waals surface area contributed by atoms with Gasteiger partial charge in [-0.3, -0.25) is 4.79 Å². The molecule has 1 amide bonds. The number of hydrogen-bond donors (Lipinski definition) is 1. The molecule has 0 saturated heterocycles. The van der Waals surface area contributed by atoms with Gasteiger partial charge in [-0.1, -0.05) is 43.2 Å². The second-order valence-corrected chi connectivity index (χ2v) is 8.67. The third-order valence-corrected chi connectivity index (χ3v) is 6.62. The maximum absolute atomic E-state index is 12.6. The van der Waals surface area contributed by atoms with E-state index in [1.165, 1.54) is 4.31 Å². The zero-order valence-corrected chi connectivity index (χ0v) is 17.4. The molecule has 0 radical (unpaired) electrons. The first-order valence-corrected chi connectivity index (χ1v) is 10.6. The van der Waals surface area contributed by atoms with Crippen molar-refractivity contribution in [2.45, 2.75) is 45.6 Å². The summed E-state index contributed by atoms with van der Waals surface area (Å²) in [5, 5.41) is 2.97. The van der Waals surface area contributed by atoms with E-state index in [4.69, 9.17) is 0 Å². The van der Waals surface area contributed by atoms with Crippen molar-refractivity contribution in [3.05, 3.63) is 64.7 Å². The molecule has 2 aromatic carbocycles. The van der Waals surface area contributed by atoms with E-state index < -0.39 is 10.0 Å². The fourth-order valence-corrected chi connectivity index (χ4v) is 4.57. The van der Waals surface area contributed by atoms with E-state index >= 15 is 0 Å². The monoisotopic (exact) mass is 388 g/mol. The van der Waals surface area contributed by atoms with Gasteiger partial charge >= 0.3 is 0 Å². The Morgan fingerprint density at radius 3 is 2.00 bits per heavy atom. The predicted molar refractivity (Wildman–Crippen MR) is 108 cm³/mol. The molecule has 1 unspecified atom stereocenters. The lowest BCUT2D eigenvalue weighted by Gasteiger charge is -2.19. The molecule has 1 atom stereocenters. The fourth-order valence-electron chi connectivity index (χ4n) is 3.11. The number of aryl methyl sites for hydroxylation is 2. The second-order valence-electron chi connectivity index (χ2n) is 6.73. The van der Waals surface area contributed by atoms with Crippen molar-refractivity contribution in [1.82, 2.24) is 9.62 Å². The molecule has 5 nitrogen and oxygen atoms in total. The van der Waals surface area contributed by atoms with Crippen molar-refractivity contribution >= 4 is 15.9 Å². The van der Waals surface area contributed by atoms with Crippen LogP contribution in [-0.4, -0.2) is 31.7 Å². The van der Waals surface area contributed by atoms with Gasteiger partial charge in [-0.25, -0.2) is 8.42 Å². The van der Waals surface area contributed by atoms with Crippen LogP contribution in [0.5, 0.6) is 0 Å². The first-order chi connectivity index (χ1) is 12.7. The highest BCUT2D eigenvalue weighted by Gasteiger charge is 2.21. The van der Waals surface area contributed by atoms with E-state index in [9.17, 15) is 13.2 Å². The minimum absolute atomic E-state index is 0.144. The molecule has 0 bridgehead atoms. The first-order valence-electron chi connectivity index (χ1n) is 9.18. The Morgan fingerprint density at radius 2 is 1.52 bits per heavy atom. The van der Waals surface area contributed by atoms with Gasteiger partial charge in [0.2, 0.25) is 10.0 Å². The number of hydrogen-bond acceptors (Lipinski definition) is 3. The summed E-state index contributed by atoms with van der Waals surface area (Å²) in [4.78, 5) is 12.8. The van der Waals surface area contributed by atoms with Crippen LogP contribution in [0.15, 0.2) is 47.4 Å². The molecule has 1 N–H and O–H groups in total. The van der Waals surface area contributed by atoms with Crippen molar-refractivity contribution in [3.63, 3.8) is 0 Å². The topological polar surface area (TPSA) is 66.5 Å². The highest BCUT2D eigenvalue weighted by molar-refractivity contribution is 7.89. The molecule has 0 spiro atoms. The number of nitrogens with one attached hydrogen (secondary N) is 1. The molecule has 0 aliphatic rings. The maximum atomic E-state index is 12.6. The van der Waals surface area contributed by atoms with E-state index in [2.05, 4.69) is 5.32 Å². The highest BCUT2D eigenvalue weighted by atomic mass is 32.2. The highest BCUT2D eigenvalue weighted by Crippen LogP contribution is 2.20. The number of carbonyl (C=O) groups is 1. The van der Waals surface area contributed by atoms with Crippen LogP contribution in [0.4, 0.5) is 0 Å². The Kier molecular flexibility index (Phi) is 6.78. The standard InChI is InChI=1S/C21H28N2O3S/c1-6-23(7-2)27(25,26)20-10-8-18(9-11-20)17(5)22-21(24)19-13-15(3)12-16(4)14-19/h8-14,17H,6-7H2,1-5H3,(H,22,24). The Bertz CT molecular complexity index is 881. The van der Waals surface area contributed by atoms with Crippen molar-refractivity contribution in [2.75, 3.05) is 13.1 Å². The van der Waals surface area contributed by atoms with E-state index in [-0.39, 0.29) is 16.8 Å². The van der Waals surface area contributed by atoms with Gasteiger partial charge < -0.3 is 5.32 Å². The van der Waals surface area contributed by atoms with Crippen molar-refractivity contribution < 1.29 is 13.2 Å². The zero-order valence-electron chi connectivity index (χ0n) is 16.6. The summed E-state index contributed by atoms with van der Waals surface area (Å²) in [5.74, 6) is -0.144. The van der Waals surface area contributed by atoms with Gasteiger partial charge in [-0.15, -0.1) is 0 Å². The lowest BCUT2D eigenvalue weighted by atomic mass is 10.1. The van der Waals surface area contributed by atoms with Gasteiger partial charge in [-0.2, -0.15) is 4.31 Å². The first kappa shape index (κ1) is 21.1. The average molecular weight is 389 g/mol. The summed E-state index contributed by atoms with van der Waals surface area (Å²) >= 11 is 0. The number of nitrogens with zero attached hydrogens (tertiary/aromatic N) is 1. The normalized spacial score (nSPS) is 12.8. The Morgan fingerprint density at radius 1 is 1.00 bits per heavy atom. The molecule has 0 aromatic heterocycles. The van der Waals surface area contributed by atoms with Crippen LogP contribution in [0.1, 0.15) is 53.9 Å². The molecule has 0 saturated carbocycles. The third-order valence-electron chi connectivity index (χ3n) is 4.55. The second kappa shape index (κ2) is 8.67. The van der Waals surface area contributed by atoms with E-state index in [0.717, 1.165) is 16.7 Å². The number of carbonyl (C=O) groups excluding carboxylic acids is 1. The minimum atomic E-state index is -3.47. The number of rotatable bonds is 7. The SMILES string of the molecule is CCN(CC)S(=O)(=O)c1ccc(C(C)NC(=O)c2cc(C)cc(C)c2)cc1. The largest absolute Gasteiger partial charge is 0.346 e. The molecule has 27 heavy (non-hydrogen) atoms. The smallest absolute Gasteiger partial charge is 0.251 e. The quantitative estimate of drug-likeness (QED) is 0.784.